The van der Waals surface area contributed by atoms with Crippen LogP contribution in [0, 0.1) is 6.92 Å². The Bertz CT molecular complexity index is 646. The fourth-order valence-electron chi connectivity index (χ4n) is 1.59. The topological polar surface area (TPSA) is 72.6 Å². The van der Waals surface area contributed by atoms with E-state index in [-0.39, 0.29) is 6.61 Å². The van der Waals surface area contributed by atoms with Gasteiger partial charge in [0.05, 0.1) is 5.69 Å². The molecular weight excluding hydrogens is 294 g/mol. The first-order valence-electron chi connectivity index (χ1n) is 6.39. The lowest BCUT2D eigenvalue weighted by Gasteiger charge is -2.19. The molecule has 2 rings (SSSR count). The summed E-state index contributed by atoms with van der Waals surface area (Å²) in [6.07, 6.45) is 0. The predicted molar refractivity (Wildman–Crippen MR) is 78.2 cm³/mol. The van der Waals surface area contributed by atoms with Crippen LogP contribution in [0.2, 0.25) is 5.02 Å². The molecule has 0 bridgehead atoms. The smallest absolute Gasteiger partial charge is 0.335 e. The van der Waals surface area contributed by atoms with E-state index in [1.165, 1.54) is 13.8 Å². The molecule has 1 aromatic heterocycles. The van der Waals surface area contributed by atoms with Crippen molar-refractivity contribution in [3.05, 3.63) is 40.7 Å². The summed E-state index contributed by atoms with van der Waals surface area (Å²) in [5.74, 6) is -0.0669. The quantitative estimate of drug-likeness (QED) is 0.912. The number of carboxylic acids is 1. The first kappa shape index (κ1) is 15.5. The van der Waals surface area contributed by atoms with E-state index in [1.54, 1.807) is 31.2 Å². The molecule has 0 fully saturated rings. The molecular formula is C15H16ClNO4. The highest BCUT2D eigenvalue weighted by Gasteiger charge is 2.28. The van der Waals surface area contributed by atoms with Crippen LogP contribution in [0.3, 0.4) is 0 Å². The highest BCUT2D eigenvalue weighted by Crippen LogP contribution is 2.24. The molecule has 0 aliphatic heterocycles. The number of rotatable bonds is 5. The third kappa shape index (κ3) is 3.62. The molecule has 0 saturated carbocycles. The second-order valence-corrected chi connectivity index (χ2v) is 5.58. The van der Waals surface area contributed by atoms with Crippen molar-refractivity contribution in [3.63, 3.8) is 0 Å². The minimum Gasteiger partial charge on any atom is -0.479 e. The number of halogens is 1. The summed E-state index contributed by atoms with van der Waals surface area (Å²) in [6, 6.07) is 7.11. The highest BCUT2D eigenvalue weighted by atomic mass is 35.5. The second-order valence-electron chi connectivity index (χ2n) is 5.14. The lowest BCUT2D eigenvalue weighted by atomic mass is 10.1. The van der Waals surface area contributed by atoms with Crippen LogP contribution in [-0.2, 0) is 16.1 Å². The predicted octanol–water partition coefficient (Wildman–Crippen LogP) is 3.68. The highest BCUT2D eigenvalue weighted by molar-refractivity contribution is 6.30. The minimum atomic E-state index is -1.28. The number of aliphatic carboxylic acids is 1. The summed E-state index contributed by atoms with van der Waals surface area (Å²) in [5, 5.41) is 9.65. The van der Waals surface area contributed by atoms with Crippen LogP contribution in [0.1, 0.15) is 25.3 Å². The molecule has 0 amide bonds. The molecule has 1 aromatic carbocycles. The molecule has 0 saturated heterocycles. The van der Waals surface area contributed by atoms with E-state index in [4.69, 9.17) is 25.9 Å². The fourth-order valence-corrected chi connectivity index (χ4v) is 1.71. The van der Waals surface area contributed by atoms with Crippen molar-refractivity contribution < 1.29 is 19.1 Å². The molecule has 5 nitrogen and oxygen atoms in total. The van der Waals surface area contributed by atoms with Crippen molar-refractivity contribution in [2.24, 2.45) is 0 Å². The van der Waals surface area contributed by atoms with Crippen molar-refractivity contribution in [1.29, 1.82) is 0 Å². The summed E-state index contributed by atoms with van der Waals surface area (Å²) in [7, 11) is 0. The third-order valence-corrected chi connectivity index (χ3v) is 3.31. The monoisotopic (exact) mass is 309 g/mol. The second kappa shape index (κ2) is 5.87. The number of oxazole rings is 1. The molecule has 0 aliphatic carbocycles. The van der Waals surface area contributed by atoms with E-state index in [1.807, 2.05) is 0 Å². The van der Waals surface area contributed by atoms with E-state index in [0.29, 0.717) is 22.4 Å². The van der Waals surface area contributed by atoms with Crippen LogP contribution in [0.5, 0.6) is 0 Å². The molecule has 2 aromatic rings. The maximum Gasteiger partial charge on any atom is 0.335 e. The first-order chi connectivity index (χ1) is 9.79. The van der Waals surface area contributed by atoms with Gasteiger partial charge >= 0.3 is 5.97 Å². The zero-order chi connectivity index (χ0) is 15.6. The van der Waals surface area contributed by atoms with Gasteiger partial charge in [0, 0.05) is 10.6 Å². The largest absolute Gasteiger partial charge is 0.479 e. The molecule has 1 heterocycles. The van der Waals surface area contributed by atoms with Crippen molar-refractivity contribution in [2.75, 3.05) is 0 Å². The van der Waals surface area contributed by atoms with Gasteiger partial charge in [0.1, 0.15) is 6.61 Å². The number of benzene rings is 1. The average molecular weight is 310 g/mol. The minimum absolute atomic E-state index is 0.0473. The van der Waals surface area contributed by atoms with Gasteiger partial charge in [-0.3, -0.25) is 0 Å². The van der Waals surface area contributed by atoms with Gasteiger partial charge in [-0.15, -0.1) is 0 Å². The number of nitrogens with zero attached hydrogens (tertiary/aromatic N) is 1. The van der Waals surface area contributed by atoms with Crippen LogP contribution in [0.15, 0.2) is 28.7 Å². The van der Waals surface area contributed by atoms with Gasteiger partial charge in [-0.2, -0.15) is 0 Å². The van der Waals surface area contributed by atoms with Crippen molar-refractivity contribution in [2.45, 2.75) is 33.0 Å². The Morgan fingerprint density at radius 3 is 2.57 bits per heavy atom. The maximum atomic E-state index is 11.0. The number of carboxylic acid groups (broad SMARTS) is 1. The van der Waals surface area contributed by atoms with Crippen LogP contribution in [0.4, 0.5) is 0 Å². The zero-order valence-electron chi connectivity index (χ0n) is 12.0. The maximum absolute atomic E-state index is 11.0. The Labute approximate surface area is 127 Å². The Balaban J connectivity index is 2.16. The van der Waals surface area contributed by atoms with Gasteiger partial charge in [0.2, 0.25) is 5.89 Å². The van der Waals surface area contributed by atoms with Gasteiger partial charge in [-0.1, -0.05) is 11.6 Å². The van der Waals surface area contributed by atoms with Gasteiger partial charge in [-0.25, -0.2) is 9.78 Å². The van der Waals surface area contributed by atoms with Gasteiger partial charge < -0.3 is 14.3 Å². The Morgan fingerprint density at radius 2 is 2.00 bits per heavy atom. The Morgan fingerprint density at radius 1 is 1.38 bits per heavy atom. The Kier molecular flexibility index (Phi) is 4.34. The number of hydrogen-bond donors (Lipinski definition) is 1. The zero-order valence-corrected chi connectivity index (χ0v) is 12.8. The van der Waals surface area contributed by atoms with Crippen LogP contribution in [-0.4, -0.2) is 21.7 Å². The molecule has 21 heavy (non-hydrogen) atoms. The number of aromatic nitrogens is 1. The van der Waals surface area contributed by atoms with E-state index >= 15 is 0 Å². The average Bonchev–Trinajstić information content (AvgIpc) is 2.78. The normalized spacial score (nSPS) is 11.6. The molecule has 0 radical (unpaired) electrons. The summed E-state index contributed by atoms with van der Waals surface area (Å²) < 4.78 is 11.0. The van der Waals surface area contributed by atoms with Crippen molar-refractivity contribution >= 4 is 17.6 Å². The lowest BCUT2D eigenvalue weighted by Crippen LogP contribution is -2.34. The fraction of sp³-hybridized carbons (Fsp3) is 0.333. The third-order valence-electron chi connectivity index (χ3n) is 3.06. The first-order valence-corrected chi connectivity index (χ1v) is 6.77. The van der Waals surface area contributed by atoms with Crippen LogP contribution < -0.4 is 0 Å². The SMILES string of the molecule is Cc1nc(-c2ccc(Cl)cc2)oc1COC(C)(C)C(=O)O. The van der Waals surface area contributed by atoms with E-state index in [9.17, 15) is 4.79 Å². The van der Waals surface area contributed by atoms with Gasteiger partial charge in [0.25, 0.3) is 0 Å². The standard InChI is InChI=1S/C15H16ClNO4/c1-9-12(8-20-15(2,3)14(18)19)21-13(17-9)10-4-6-11(16)7-5-10/h4-7H,8H2,1-3H3,(H,18,19). The number of carbonyl (C=O) groups is 1. The van der Waals surface area contributed by atoms with Crippen LogP contribution in [0.25, 0.3) is 11.5 Å². The molecule has 0 spiro atoms. The van der Waals surface area contributed by atoms with Gasteiger partial charge in [0.15, 0.2) is 11.4 Å². The van der Waals surface area contributed by atoms with E-state index in [0.717, 1.165) is 5.56 Å². The van der Waals surface area contributed by atoms with E-state index < -0.39 is 11.6 Å². The number of hydrogen-bond acceptors (Lipinski definition) is 4. The molecule has 6 heteroatoms. The Hall–Kier alpha value is -1.85. The summed E-state index contributed by atoms with van der Waals surface area (Å²) in [5.41, 5.74) is 0.187. The molecule has 112 valence electrons. The van der Waals surface area contributed by atoms with Crippen molar-refractivity contribution in [1.82, 2.24) is 4.98 Å². The molecule has 0 aliphatic rings. The van der Waals surface area contributed by atoms with Crippen molar-refractivity contribution in [3.8, 4) is 11.5 Å². The molecule has 1 N–H and O–H groups in total. The number of aryl methyl sites for hydroxylation is 1. The summed E-state index contributed by atoms with van der Waals surface area (Å²) in [4.78, 5) is 15.3. The summed E-state index contributed by atoms with van der Waals surface area (Å²) in [6.45, 7) is 4.81. The summed E-state index contributed by atoms with van der Waals surface area (Å²) >= 11 is 5.84. The molecule has 0 unspecified atom stereocenters. The molecule has 0 atom stereocenters. The number of ether oxygens (including phenoxy) is 1. The lowest BCUT2D eigenvalue weighted by molar-refractivity contribution is -0.163. The van der Waals surface area contributed by atoms with E-state index in [2.05, 4.69) is 4.98 Å². The van der Waals surface area contributed by atoms with Crippen LogP contribution >= 0.6 is 11.6 Å². The van der Waals surface area contributed by atoms with Gasteiger partial charge in [-0.05, 0) is 45.0 Å².